The summed E-state index contributed by atoms with van der Waals surface area (Å²) < 4.78 is 0. The summed E-state index contributed by atoms with van der Waals surface area (Å²) in [5.41, 5.74) is 8.38. The molecule has 5 heteroatoms. The van der Waals surface area contributed by atoms with Gasteiger partial charge in [0.1, 0.15) is 11.5 Å². The molecule has 0 radical (unpaired) electrons. The van der Waals surface area contributed by atoms with Crippen LogP contribution in [0.25, 0.3) is 0 Å². The molecular formula is C15H16N4O. The zero-order valence-corrected chi connectivity index (χ0v) is 11.1. The molecule has 2 N–H and O–H groups in total. The Kier molecular flexibility index (Phi) is 3.33. The van der Waals surface area contributed by atoms with Crippen molar-refractivity contribution in [3.8, 4) is 0 Å². The maximum absolute atomic E-state index is 12.5. The molecule has 2 heterocycles. The van der Waals surface area contributed by atoms with Crippen molar-refractivity contribution in [3.63, 3.8) is 0 Å². The van der Waals surface area contributed by atoms with Crippen LogP contribution in [0, 0.1) is 0 Å². The molecule has 0 unspecified atom stereocenters. The number of hydrogen-bond donors (Lipinski definition) is 1. The van der Waals surface area contributed by atoms with E-state index in [1.165, 1.54) is 23.5 Å². The molecule has 0 aliphatic carbocycles. The number of carbonyl (C=O) groups excluding carboxylic acids is 1. The van der Waals surface area contributed by atoms with Gasteiger partial charge in [0.25, 0.3) is 5.91 Å². The van der Waals surface area contributed by atoms with Crippen LogP contribution in [0.5, 0.6) is 0 Å². The van der Waals surface area contributed by atoms with E-state index in [-0.39, 0.29) is 5.91 Å². The van der Waals surface area contributed by atoms with E-state index in [1.807, 2.05) is 17.0 Å². The third kappa shape index (κ3) is 2.47. The SMILES string of the molecule is Nc1cnc(C(=O)N2CCCc3ccccc3C2)cn1. The van der Waals surface area contributed by atoms with E-state index in [4.69, 9.17) is 5.73 Å². The first-order valence-corrected chi connectivity index (χ1v) is 6.67. The van der Waals surface area contributed by atoms with Crippen LogP contribution in [0.3, 0.4) is 0 Å². The van der Waals surface area contributed by atoms with Gasteiger partial charge in [0, 0.05) is 13.1 Å². The number of hydrogen-bond acceptors (Lipinski definition) is 4. The van der Waals surface area contributed by atoms with E-state index in [2.05, 4.69) is 22.1 Å². The molecule has 1 aromatic carbocycles. The van der Waals surface area contributed by atoms with Gasteiger partial charge in [-0.05, 0) is 24.0 Å². The van der Waals surface area contributed by atoms with Gasteiger partial charge in [-0.3, -0.25) is 4.79 Å². The average molecular weight is 268 g/mol. The Morgan fingerprint density at radius 2 is 1.95 bits per heavy atom. The first kappa shape index (κ1) is 12.6. The van der Waals surface area contributed by atoms with Crippen molar-refractivity contribution in [3.05, 3.63) is 53.5 Å². The molecule has 1 amide bonds. The van der Waals surface area contributed by atoms with Crippen molar-refractivity contribution in [2.45, 2.75) is 19.4 Å². The number of nitrogens with two attached hydrogens (primary N) is 1. The van der Waals surface area contributed by atoms with Gasteiger partial charge in [-0.25, -0.2) is 9.97 Å². The zero-order valence-electron chi connectivity index (χ0n) is 11.1. The second-order valence-corrected chi connectivity index (χ2v) is 4.93. The molecule has 20 heavy (non-hydrogen) atoms. The van der Waals surface area contributed by atoms with E-state index in [0.717, 1.165) is 19.4 Å². The van der Waals surface area contributed by atoms with Crippen LogP contribution in [0.4, 0.5) is 5.82 Å². The van der Waals surface area contributed by atoms with E-state index in [0.29, 0.717) is 18.1 Å². The topological polar surface area (TPSA) is 72.1 Å². The third-order valence-electron chi connectivity index (χ3n) is 3.53. The number of carbonyl (C=O) groups is 1. The number of fused-ring (bicyclic) bond motifs is 1. The lowest BCUT2D eigenvalue weighted by Gasteiger charge is -2.20. The molecule has 102 valence electrons. The fraction of sp³-hybridized carbons (Fsp3) is 0.267. The Morgan fingerprint density at radius 3 is 2.70 bits per heavy atom. The molecule has 1 aliphatic heterocycles. The molecule has 3 rings (SSSR count). The Hall–Kier alpha value is -2.43. The van der Waals surface area contributed by atoms with Gasteiger partial charge in [-0.2, -0.15) is 0 Å². The maximum atomic E-state index is 12.5. The average Bonchev–Trinajstić information content (AvgIpc) is 2.69. The number of anilines is 1. The number of aromatic nitrogens is 2. The Morgan fingerprint density at radius 1 is 1.15 bits per heavy atom. The molecule has 2 aromatic rings. The number of benzene rings is 1. The second kappa shape index (κ2) is 5.28. The summed E-state index contributed by atoms with van der Waals surface area (Å²) >= 11 is 0. The van der Waals surface area contributed by atoms with Crippen molar-refractivity contribution in [1.29, 1.82) is 0 Å². The fourth-order valence-corrected chi connectivity index (χ4v) is 2.48. The highest BCUT2D eigenvalue weighted by Crippen LogP contribution is 2.19. The number of nitrogen functional groups attached to an aromatic ring is 1. The number of amides is 1. The second-order valence-electron chi connectivity index (χ2n) is 4.93. The van der Waals surface area contributed by atoms with Crippen LogP contribution >= 0.6 is 0 Å². The summed E-state index contributed by atoms with van der Waals surface area (Å²) in [5, 5.41) is 0. The summed E-state index contributed by atoms with van der Waals surface area (Å²) in [4.78, 5) is 22.3. The van der Waals surface area contributed by atoms with Crippen molar-refractivity contribution in [2.24, 2.45) is 0 Å². The first-order chi connectivity index (χ1) is 9.74. The third-order valence-corrected chi connectivity index (χ3v) is 3.53. The minimum absolute atomic E-state index is 0.0887. The molecule has 1 aromatic heterocycles. The zero-order chi connectivity index (χ0) is 13.9. The Balaban J connectivity index is 1.84. The minimum Gasteiger partial charge on any atom is -0.382 e. The molecule has 0 atom stereocenters. The van der Waals surface area contributed by atoms with Crippen LogP contribution in [0.15, 0.2) is 36.7 Å². The Bertz CT molecular complexity index is 624. The quantitative estimate of drug-likeness (QED) is 0.853. The largest absolute Gasteiger partial charge is 0.382 e. The highest BCUT2D eigenvalue weighted by Gasteiger charge is 2.21. The van der Waals surface area contributed by atoms with Gasteiger partial charge >= 0.3 is 0 Å². The van der Waals surface area contributed by atoms with Crippen molar-refractivity contribution >= 4 is 11.7 Å². The first-order valence-electron chi connectivity index (χ1n) is 6.67. The van der Waals surface area contributed by atoms with E-state index in [9.17, 15) is 4.79 Å². The maximum Gasteiger partial charge on any atom is 0.274 e. The molecule has 0 bridgehead atoms. The van der Waals surface area contributed by atoms with Crippen LogP contribution in [-0.2, 0) is 13.0 Å². The summed E-state index contributed by atoms with van der Waals surface area (Å²) in [6, 6.07) is 8.26. The predicted octanol–water partition coefficient (Wildman–Crippen LogP) is 1.65. The van der Waals surface area contributed by atoms with E-state index in [1.54, 1.807) is 0 Å². The Labute approximate surface area is 117 Å². The van der Waals surface area contributed by atoms with Gasteiger partial charge in [0.2, 0.25) is 0 Å². The molecular weight excluding hydrogens is 252 g/mol. The molecule has 0 spiro atoms. The minimum atomic E-state index is -0.0887. The fourth-order valence-electron chi connectivity index (χ4n) is 2.48. The normalized spacial score (nSPS) is 14.5. The number of aryl methyl sites for hydroxylation is 1. The highest BCUT2D eigenvalue weighted by atomic mass is 16.2. The highest BCUT2D eigenvalue weighted by molar-refractivity contribution is 5.92. The van der Waals surface area contributed by atoms with Crippen LogP contribution in [0.1, 0.15) is 28.0 Å². The number of nitrogens with zero attached hydrogens (tertiary/aromatic N) is 3. The number of rotatable bonds is 1. The summed E-state index contributed by atoms with van der Waals surface area (Å²) in [5.74, 6) is 0.233. The van der Waals surface area contributed by atoms with Crippen molar-refractivity contribution in [2.75, 3.05) is 12.3 Å². The van der Waals surface area contributed by atoms with Gasteiger partial charge in [-0.15, -0.1) is 0 Å². The van der Waals surface area contributed by atoms with Gasteiger partial charge < -0.3 is 10.6 Å². The summed E-state index contributed by atoms with van der Waals surface area (Å²) in [7, 11) is 0. The van der Waals surface area contributed by atoms with Crippen molar-refractivity contribution in [1.82, 2.24) is 14.9 Å². The lowest BCUT2D eigenvalue weighted by atomic mass is 10.0. The van der Waals surface area contributed by atoms with E-state index < -0.39 is 0 Å². The molecule has 0 fully saturated rings. The van der Waals surface area contributed by atoms with Gasteiger partial charge in [-0.1, -0.05) is 24.3 Å². The van der Waals surface area contributed by atoms with Gasteiger partial charge in [0.15, 0.2) is 0 Å². The lowest BCUT2D eigenvalue weighted by Crippen LogP contribution is -2.31. The smallest absolute Gasteiger partial charge is 0.274 e. The van der Waals surface area contributed by atoms with Crippen molar-refractivity contribution < 1.29 is 4.79 Å². The summed E-state index contributed by atoms with van der Waals surface area (Å²) in [6.45, 7) is 1.36. The predicted molar refractivity (Wildman–Crippen MR) is 75.9 cm³/mol. The summed E-state index contributed by atoms with van der Waals surface area (Å²) in [6.07, 6.45) is 4.83. The molecule has 1 aliphatic rings. The monoisotopic (exact) mass is 268 g/mol. The van der Waals surface area contributed by atoms with Crippen LogP contribution in [-0.4, -0.2) is 27.3 Å². The lowest BCUT2D eigenvalue weighted by molar-refractivity contribution is 0.0739. The van der Waals surface area contributed by atoms with E-state index >= 15 is 0 Å². The standard InChI is InChI=1S/C15H16N4O/c16-14-9-17-13(8-18-14)15(20)19-7-3-6-11-4-1-2-5-12(11)10-19/h1-2,4-5,8-9H,3,6-7,10H2,(H2,16,18). The van der Waals surface area contributed by atoms with Gasteiger partial charge in [0.05, 0.1) is 12.4 Å². The van der Waals surface area contributed by atoms with Crippen LogP contribution in [0.2, 0.25) is 0 Å². The molecule has 0 saturated carbocycles. The van der Waals surface area contributed by atoms with Crippen LogP contribution < -0.4 is 5.73 Å². The molecule has 0 saturated heterocycles. The molecule has 5 nitrogen and oxygen atoms in total.